The molecule has 33 heavy (non-hydrogen) atoms. The van der Waals surface area contributed by atoms with Crippen LogP contribution in [0, 0.1) is 5.82 Å². The normalized spacial score (nSPS) is 15.8. The van der Waals surface area contributed by atoms with Gasteiger partial charge in [0.05, 0.1) is 14.5 Å². The number of carbonyl (C=O) groups is 1. The second kappa shape index (κ2) is 11.5. The Labute approximate surface area is 210 Å². The first-order valence-corrected chi connectivity index (χ1v) is 15.9. The number of carbonyl (C=O) groups excluding carboxylic acids is 1. The zero-order chi connectivity index (χ0) is 25.8. The van der Waals surface area contributed by atoms with E-state index in [0.29, 0.717) is 9.79 Å². The predicted molar refractivity (Wildman–Crippen MR) is 138 cm³/mol. The summed E-state index contributed by atoms with van der Waals surface area (Å²) < 4.78 is 51.9. The number of ether oxygens (including phenoxy) is 1. The van der Waals surface area contributed by atoms with Crippen LogP contribution in [0.1, 0.15) is 74.4 Å². The molecule has 10 heteroatoms. The minimum absolute atomic E-state index is 0.245. The molecule has 0 saturated carbocycles. The smallest absolute Gasteiger partial charge is 0.308 e. The van der Waals surface area contributed by atoms with Crippen LogP contribution in [0.15, 0.2) is 10.7 Å². The van der Waals surface area contributed by atoms with Gasteiger partial charge in [-0.05, 0) is 68.7 Å². The number of halogens is 3. The summed E-state index contributed by atoms with van der Waals surface area (Å²) in [7, 11) is -2.23. The monoisotopic (exact) mass is 568 g/mol. The average molecular weight is 570 g/mol. The first-order chi connectivity index (χ1) is 15.0. The van der Waals surface area contributed by atoms with Crippen molar-refractivity contribution in [1.82, 2.24) is 9.71 Å². The van der Waals surface area contributed by atoms with E-state index in [0.717, 1.165) is 18.1 Å². The fraction of sp³-hybridized carbons (Fsp3) is 0.739. The number of pyridine rings is 1. The molecule has 0 aromatic carbocycles. The van der Waals surface area contributed by atoms with Gasteiger partial charge >= 0.3 is 5.97 Å². The third-order valence-corrected chi connectivity index (χ3v) is 13.6. The SMILES string of the molecule is CC[Si](CC)(CC)c1cc(Br)nc([C@@](CF)(CC(=O)OC(C)(C)C)N[S+]([O-])C(C)(C)C)c1F. The lowest BCUT2D eigenvalue weighted by Crippen LogP contribution is -2.56. The van der Waals surface area contributed by atoms with E-state index in [2.05, 4.69) is 25.6 Å². The largest absolute Gasteiger partial charge is 0.598 e. The van der Waals surface area contributed by atoms with Crippen molar-refractivity contribution in [3.05, 3.63) is 22.2 Å². The maximum atomic E-state index is 16.2. The highest BCUT2D eigenvalue weighted by atomic mass is 79.9. The fourth-order valence-corrected chi connectivity index (χ4v) is 8.95. The van der Waals surface area contributed by atoms with Crippen LogP contribution >= 0.6 is 15.9 Å². The molecule has 0 bridgehead atoms. The lowest BCUT2D eigenvalue weighted by Gasteiger charge is -2.37. The molecule has 1 aromatic rings. The van der Waals surface area contributed by atoms with Crippen LogP contribution < -0.4 is 9.91 Å². The standard InChI is InChI=1S/C23H39BrF2N2O3SSi/c1-10-33(11-2,12-3)16-13-17(24)27-20(19(16)26)23(15-25,28-32(30)22(7,8)9)14-18(29)31-21(4,5)6/h13,28H,10-12,14-15H2,1-9H3/t23-,32?/m0/s1. The quantitative estimate of drug-likeness (QED) is 0.171. The number of nitrogens with zero attached hydrogens (tertiary/aromatic N) is 1. The van der Waals surface area contributed by atoms with Crippen LogP contribution in [0.4, 0.5) is 8.78 Å². The number of rotatable bonds is 10. The molecule has 1 rings (SSSR count). The topological polar surface area (TPSA) is 74.3 Å². The van der Waals surface area contributed by atoms with Crippen LogP contribution in [-0.4, -0.2) is 40.6 Å². The Morgan fingerprint density at radius 3 is 2.09 bits per heavy atom. The van der Waals surface area contributed by atoms with Crippen molar-refractivity contribution < 1.29 is 22.9 Å². The Morgan fingerprint density at radius 2 is 1.70 bits per heavy atom. The van der Waals surface area contributed by atoms with Crippen LogP contribution in [0.2, 0.25) is 18.1 Å². The second-order valence-corrected chi connectivity index (χ2v) is 18.5. The van der Waals surface area contributed by atoms with Crippen molar-refractivity contribution in [2.45, 2.75) is 103 Å². The summed E-state index contributed by atoms with van der Waals surface area (Å²) in [5, 5.41) is 0.539. The van der Waals surface area contributed by atoms with Crippen molar-refractivity contribution in [3.63, 3.8) is 0 Å². The van der Waals surface area contributed by atoms with Gasteiger partial charge in [0.25, 0.3) is 0 Å². The Morgan fingerprint density at radius 1 is 1.18 bits per heavy atom. The third-order valence-electron chi connectivity index (χ3n) is 5.92. The molecular formula is C23H39BrF2N2O3SSi. The Bertz CT molecular complexity index is 821. The maximum Gasteiger partial charge on any atom is 0.308 e. The van der Waals surface area contributed by atoms with E-state index in [4.69, 9.17) is 4.74 Å². The van der Waals surface area contributed by atoms with Crippen molar-refractivity contribution >= 4 is 46.5 Å². The van der Waals surface area contributed by atoms with Crippen LogP contribution in [-0.2, 0) is 26.4 Å². The lowest BCUT2D eigenvalue weighted by atomic mass is 9.92. The number of hydrogen-bond donors (Lipinski definition) is 1. The first-order valence-electron chi connectivity index (χ1n) is 11.3. The molecular weight excluding hydrogens is 530 g/mol. The van der Waals surface area contributed by atoms with Crippen LogP contribution in [0.25, 0.3) is 0 Å². The van der Waals surface area contributed by atoms with E-state index < -0.39 is 60.2 Å². The molecule has 0 amide bonds. The summed E-state index contributed by atoms with van der Waals surface area (Å²) in [6.07, 6.45) is -0.554. The minimum Gasteiger partial charge on any atom is -0.598 e. The summed E-state index contributed by atoms with van der Waals surface area (Å²) in [6, 6.07) is 4.10. The molecule has 0 aliphatic heterocycles. The van der Waals surface area contributed by atoms with Gasteiger partial charge in [0.15, 0.2) is 0 Å². The molecule has 1 unspecified atom stereocenters. The van der Waals surface area contributed by atoms with Gasteiger partial charge in [0.2, 0.25) is 0 Å². The van der Waals surface area contributed by atoms with Gasteiger partial charge in [-0.2, -0.15) is 0 Å². The zero-order valence-electron chi connectivity index (χ0n) is 21.3. The van der Waals surface area contributed by atoms with E-state index >= 15 is 4.39 Å². The molecule has 0 fully saturated rings. The number of nitrogens with one attached hydrogen (secondary N) is 1. The Balaban J connectivity index is 3.82. The van der Waals surface area contributed by atoms with E-state index in [1.165, 1.54) is 0 Å². The highest BCUT2D eigenvalue weighted by molar-refractivity contribution is 9.10. The van der Waals surface area contributed by atoms with E-state index in [-0.39, 0.29) is 5.69 Å². The molecule has 0 aliphatic carbocycles. The van der Waals surface area contributed by atoms with Crippen molar-refractivity contribution in [3.8, 4) is 0 Å². The van der Waals surface area contributed by atoms with Gasteiger partial charge in [-0.15, -0.1) is 4.72 Å². The van der Waals surface area contributed by atoms with E-state index in [1.807, 2.05) is 20.8 Å². The Hall–Kier alpha value is -0.553. The molecule has 1 N–H and O–H groups in total. The minimum atomic E-state index is -2.23. The van der Waals surface area contributed by atoms with Gasteiger partial charge in [0, 0.05) is 11.4 Å². The number of aromatic nitrogens is 1. The van der Waals surface area contributed by atoms with Gasteiger partial charge in [-0.3, -0.25) is 4.79 Å². The number of hydrogen-bond acceptors (Lipinski definition) is 5. The second-order valence-electron chi connectivity index (χ2n) is 10.5. The summed E-state index contributed by atoms with van der Waals surface area (Å²) in [5.41, 5.74) is -3.01. The summed E-state index contributed by atoms with van der Waals surface area (Å²) >= 11 is 1.57. The molecule has 0 aliphatic rings. The molecule has 1 aromatic heterocycles. The van der Waals surface area contributed by atoms with Crippen LogP contribution in [0.5, 0.6) is 0 Å². The molecule has 1 heterocycles. The zero-order valence-corrected chi connectivity index (χ0v) is 24.7. The maximum absolute atomic E-state index is 16.2. The lowest BCUT2D eigenvalue weighted by molar-refractivity contribution is -0.156. The third kappa shape index (κ3) is 7.46. The van der Waals surface area contributed by atoms with E-state index in [1.54, 1.807) is 47.6 Å². The molecule has 190 valence electrons. The van der Waals surface area contributed by atoms with Gasteiger partial charge in [-0.25, -0.2) is 13.8 Å². The molecule has 5 nitrogen and oxygen atoms in total. The van der Waals surface area contributed by atoms with Crippen molar-refractivity contribution in [2.24, 2.45) is 0 Å². The van der Waals surface area contributed by atoms with E-state index in [9.17, 15) is 13.7 Å². The van der Waals surface area contributed by atoms with Crippen LogP contribution in [0.3, 0.4) is 0 Å². The Kier molecular flexibility index (Phi) is 10.6. The van der Waals surface area contributed by atoms with Gasteiger partial charge in [-0.1, -0.05) is 38.9 Å². The molecule has 0 spiro atoms. The molecule has 2 atom stereocenters. The fourth-order valence-electron chi connectivity index (χ4n) is 3.78. The van der Waals surface area contributed by atoms with Gasteiger partial charge in [0.1, 0.15) is 38.7 Å². The number of esters is 1. The molecule has 0 radical (unpaired) electrons. The summed E-state index contributed by atoms with van der Waals surface area (Å²) in [4.78, 5) is 17.1. The first kappa shape index (κ1) is 30.5. The summed E-state index contributed by atoms with van der Waals surface area (Å²) in [6.45, 7) is 15.2. The highest BCUT2D eigenvalue weighted by Gasteiger charge is 2.48. The number of alkyl halides is 1. The predicted octanol–water partition coefficient (Wildman–Crippen LogP) is 5.65. The average Bonchev–Trinajstić information content (AvgIpc) is 2.69. The molecule has 0 saturated heterocycles. The van der Waals surface area contributed by atoms with Crippen molar-refractivity contribution in [1.29, 1.82) is 0 Å². The summed E-state index contributed by atoms with van der Waals surface area (Å²) in [5.74, 6) is -1.36. The van der Waals surface area contributed by atoms with Crippen molar-refractivity contribution in [2.75, 3.05) is 6.67 Å². The van der Waals surface area contributed by atoms with Gasteiger partial charge < -0.3 is 9.29 Å². The highest BCUT2D eigenvalue weighted by Crippen LogP contribution is 2.34.